The van der Waals surface area contributed by atoms with Crippen molar-refractivity contribution in [1.29, 1.82) is 0 Å². The minimum Gasteiger partial charge on any atom is -0.352 e. The van der Waals surface area contributed by atoms with E-state index in [1.165, 1.54) is 6.42 Å². The molecule has 1 saturated carbocycles. The molecule has 1 amide bonds. The average Bonchev–Trinajstić information content (AvgIpc) is 2.64. The highest BCUT2D eigenvalue weighted by Gasteiger charge is 2.27. The molecule has 88 valence electrons. The molecule has 0 spiro atoms. The molecule has 2 unspecified atom stereocenters. The molecule has 0 radical (unpaired) electrons. The summed E-state index contributed by atoms with van der Waals surface area (Å²) in [6, 6.07) is -0.0157. The zero-order valence-corrected chi connectivity index (χ0v) is 10.6. The Balaban J connectivity index is 2.33. The lowest BCUT2D eigenvalue weighted by atomic mass is 10.0. The summed E-state index contributed by atoms with van der Waals surface area (Å²) in [5, 5.41) is 3.76. The molecule has 3 nitrogen and oxygen atoms in total. The van der Waals surface area contributed by atoms with Crippen molar-refractivity contribution in [3.05, 3.63) is 0 Å². The van der Waals surface area contributed by atoms with Gasteiger partial charge in [0, 0.05) is 11.3 Å². The largest absolute Gasteiger partial charge is 0.352 e. The van der Waals surface area contributed by atoms with Crippen LogP contribution in [0.25, 0.3) is 0 Å². The van der Waals surface area contributed by atoms with E-state index in [2.05, 4.69) is 11.6 Å². The predicted molar refractivity (Wildman–Crippen MR) is 65.9 cm³/mol. The first-order valence-corrected chi connectivity index (χ1v) is 6.92. The monoisotopic (exact) mass is 230 g/mol. The number of carbonyl (C=O) groups is 1. The van der Waals surface area contributed by atoms with Crippen molar-refractivity contribution in [2.24, 2.45) is 11.7 Å². The van der Waals surface area contributed by atoms with Crippen LogP contribution in [-0.4, -0.2) is 29.5 Å². The molecule has 3 atom stereocenters. The topological polar surface area (TPSA) is 55.1 Å². The molecular formula is C11H22N2OS. The molecule has 0 bridgehead atoms. The van der Waals surface area contributed by atoms with Crippen LogP contribution in [0.4, 0.5) is 0 Å². The van der Waals surface area contributed by atoms with Crippen LogP contribution in [0, 0.1) is 5.92 Å². The molecule has 0 aromatic carbocycles. The molecule has 15 heavy (non-hydrogen) atoms. The third-order valence-corrected chi connectivity index (χ3v) is 4.18. The smallest absolute Gasteiger partial charge is 0.237 e. The Morgan fingerprint density at radius 1 is 1.47 bits per heavy atom. The fourth-order valence-corrected chi connectivity index (χ4v) is 2.68. The second-order valence-electron chi connectivity index (χ2n) is 4.65. The predicted octanol–water partition coefficient (Wildman–Crippen LogP) is 1.37. The summed E-state index contributed by atoms with van der Waals surface area (Å²) in [6.07, 6.45) is 5.54. The first kappa shape index (κ1) is 12.8. The summed E-state index contributed by atoms with van der Waals surface area (Å²) in [4.78, 5) is 11.7. The maximum absolute atomic E-state index is 11.7. The summed E-state index contributed by atoms with van der Waals surface area (Å²) in [6.45, 7) is 3.95. The second kappa shape index (κ2) is 5.75. The van der Waals surface area contributed by atoms with Gasteiger partial charge in [0.2, 0.25) is 5.91 Å². The van der Waals surface area contributed by atoms with Gasteiger partial charge in [-0.25, -0.2) is 0 Å². The molecule has 1 rings (SSSR count). The summed E-state index contributed by atoms with van der Waals surface area (Å²) in [5.74, 6) is 0.222. The lowest BCUT2D eigenvalue weighted by molar-refractivity contribution is -0.123. The van der Waals surface area contributed by atoms with Crippen molar-refractivity contribution < 1.29 is 4.79 Å². The van der Waals surface area contributed by atoms with E-state index < -0.39 is 0 Å². The van der Waals surface area contributed by atoms with Gasteiger partial charge in [-0.3, -0.25) is 4.79 Å². The van der Waals surface area contributed by atoms with Gasteiger partial charge in [0.15, 0.2) is 0 Å². The number of hydrogen-bond donors (Lipinski definition) is 2. The fourth-order valence-electron chi connectivity index (χ4n) is 1.89. The molecule has 0 aromatic rings. The second-order valence-corrected chi connectivity index (χ2v) is 5.78. The Labute approximate surface area is 96.6 Å². The van der Waals surface area contributed by atoms with E-state index in [0.717, 1.165) is 12.8 Å². The summed E-state index contributed by atoms with van der Waals surface area (Å²) in [5.41, 5.74) is 5.79. The van der Waals surface area contributed by atoms with Gasteiger partial charge in [0.25, 0.3) is 0 Å². The molecule has 4 heteroatoms. The molecule has 0 aromatic heterocycles. The van der Waals surface area contributed by atoms with Crippen LogP contribution in [0.3, 0.4) is 0 Å². The van der Waals surface area contributed by atoms with E-state index in [4.69, 9.17) is 5.73 Å². The Morgan fingerprint density at radius 3 is 2.60 bits per heavy atom. The molecule has 1 aliphatic rings. The maximum Gasteiger partial charge on any atom is 0.237 e. The highest BCUT2D eigenvalue weighted by molar-refractivity contribution is 7.99. The van der Waals surface area contributed by atoms with Gasteiger partial charge >= 0.3 is 0 Å². The first-order valence-electron chi connectivity index (χ1n) is 5.63. The van der Waals surface area contributed by atoms with Crippen LogP contribution in [0.15, 0.2) is 0 Å². The average molecular weight is 230 g/mol. The van der Waals surface area contributed by atoms with Crippen LogP contribution in [0.5, 0.6) is 0 Å². The lowest BCUT2D eigenvalue weighted by Crippen LogP contribution is -2.47. The maximum atomic E-state index is 11.7. The number of hydrogen-bond acceptors (Lipinski definition) is 3. The summed E-state index contributed by atoms with van der Waals surface area (Å²) < 4.78 is 0. The Morgan fingerprint density at radius 2 is 2.13 bits per heavy atom. The van der Waals surface area contributed by atoms with Gasteiger partial charge in [0.1, 0.15) is 0 Å². The van der Waals surface area contributed by atoms with Crippen molar-refractivity contribution in [3.8, 4) is 0 Å². The number of rotatable bonds is 4. The van der Waals surface area contributed by atoms with Crippen LogP contribution in [0.2, 0.25) is 0 Å². The summed E-state index contributed by atoms with van der Waals surface area (Å²) >= 11 is 1.90. The van der Waals surface area contributed by atoms with E-state index in [9.17, 15) is 4.79 Å². The van der Waals surface area contributed by atoms with Gasteiger partial charge in [-0.15, -0.1) is 0 Å². The van der Waals surface area contributed by atoms with Crippen LogP contribution in [-0.2, 0) is 4.79 Å². The van der Waals surface area contributed by atoms with E-state index in [0.29, 0.717) is 11.3 Å². The molecule has 0 saturated heterocycles. The van der Waals surface area contributed by atoms with Gasteiger partial charge < -0.3 is 11.1 Å². The van der Waals surface area contributed by atoms with E-state index >= 15 is 0 Å². The van der Waals surface area contributed by atoms with Gasteiger partial charge in [-0.05, 0) is 31.4 Å². The van der Waals surface area contributed by atoms with E-state index in [1.807, 2.05) is 25.6 Å². The minimum absolute atomic E-state index is 0.0109. The van der Waals surface area contributed by atoms with Crippen molar-refractivity contribution in [1.82, 2.24) is 5.32 Å². The third kappa shape index (κ3) is 3.68. The highest BCUT2D eigenvalue weighted by Crippen LogP contribution is 2.28. The zero-order chi connectivity index (χ0) is 11.4. The molecule has 3 N–H and O–H groups in total. The molecule has 0 heterocycles. The number of amides is 1. The van der Waals surface area contributed by atoms with Crippen LogP contribution >= 0.6 is 11.8 Å². The van der Waals surface area contributed by atoms with E-state index in [1.54, 1.807) is 0 Å². The Bertz CT molecular complexity index is 221. The molecule has 1 fully saturated rings. The fraction of sp³-hybridized carbons (Fsp3) is 0.909. The lowest BCUT2D eigenvalue weighted by Gasteiger charge is -2.19. The van der Waals surface area contributed by atoms with Gasteiger partial charge in [-0.1, -0.05) is 13.8 Å². The number of nitrogens with one attached hydrogen (secondary N) is 1. The standard InChI is InChI=1S/C11H22N2OS/c1-7(2)10(12)11(14)13-8-4-5-9(6-8)15-3/h7-10H,4-6,12H2,1-3H3,(H,13,14)/t8?,9?,10-/m1/s1. The number of thioether (sulfide) groups is 1. The minimum atomic E-state index is -0.363. The third-order valence-electron chi connectivity index (χ3n) is 3.09. The quantitative estimate of drug-likeness (QED) is 0.767. The molecule has 1 aliphatic carbocycles. The Hall–Kier alpha value is -0.220. The van der Waals surface area contributed by atoms with Crippen LogP contribution in [0.1, 0.15) is 33.1 Å². The number of carbonyl (C=O) groups excluding carboxylic acids is 1. The van der Waals surface area contributed by atoms with E-state index in [-0.39, 0.29) is 17.9 Å². The van der Waals surface area contributed by atoms with Gasteiger partial charge in [-0.2, -0.15) is 11.8 Å². The van der Waals surface area contributed by atoms with Crippen LogP contribution < -0.4 is 11.1 Å². The SMILES string of the molecule is CSC1CCC(NC(=O)[C@H](N)C(C)C)C1. The molecular weight excluding hydrogens is 208 g/mol. The van der Waals surface area contributed by atoms with Crippen molar-refractivity contribution >= 4 is 17.7 Å². The van der Waals surface area contributed by atoms with Gasteiger partial charge in [0.05, 0.1) is 6.04 Å². The molecule has 0 aliphatic heterocycles. The first-order chi connectivity index (χ1) is 7.04. The number of nitrogens with two attached hydrogens (primary N) is 1. The summed E-state index contributed by atoms with van der Waals surface area (Å²) in [7, 11) is 0. The van der Waals surface area contributed by atoms with Crippen molar-refractivity contribution in [2.75, 3.05) is 6.26 Å². The zero-order valence-electron chi connectivity index (χ0n) is 9.82. The normalized spacial score (nSPS) is 28.1. The van der Waals surface area contributed by atoms with Crippen molar-refractivity contribution in [3.63, 3.8) is 0 Å². The highest BCUT2D eigenvalue weighted by atomic mass is 32.2. The Kier molecular flexibility index (Phi) is 4.93. The van der Waals surface area contributed by atoms with Crippen molar-refractivity contribution in [2.45, 2.75) is 50.4 Å².